The Morgan fingerprint density at radius 3 is 2.90 bits per heavy atom. The second-order valence-electron chi connectivity index (χ2n) is 4.20. The van der Waals surface area contributed by atoms with Gasteiger partial charge >= 0.3 is 0 Å². The summed E-state index contributed by atoms with van der Waals surface area (Å²) in [5, 5.41) is 0. The van der Waals surface area contributed by atoms with Gasteiger partial charge in [-0.15, -0.1) is 0 Å². The molecule has 2 aromatic carbocycles. The Kier molecular flexibility index (Phi) is 3.31. The molecule has 0 saturated carbocycles. The molecule has 6 heteroatoms. The third-order valence-corrected chi connectivity index (χ3v) is 3.32. The summed E-state index contributed by atoms with van der Waals surface area (Å²) in [6.07, 6.45) is 0. The highest BCUT2D eigenvalue weighted by molar-refractivity contribution is 9.10. The lowest BCUT2D eigenvalue weighted by Gasteiger charge is -2.04. The van der Waals surface area contributed by atoms with Crippen LogP contribution in [-0.2, 0) is 6.61 Å². The lowest BCUT2D eigenvalue weighted by Crippen LogP contribution is -1.95. The third kappa shape index (κ3) is 2.60. The number of aromatic nitrogens is 1. The molecule has 0 unspecified atom stereocenters. The Morgan fingerprint density at radius 2 is 2.10 bits per heavy atom. The van der Waals surface area contributed by atoms with Crippen molar-refractivity contribution in [2.75, 3.05) is 5.73 Å². The molecule has 4 nitrogen and oxygen atoms in total. The van der Waals surface area contributed by atoms with E-state index in [9.17, 15) is 4.39 Å². The number of anilines is 1. The summed E-state index contributed by atoms with van der Waals surface area (Å²) in [6, 6.07) is 9.66. The summed E-state index contributed by atoms with van der Waals surface area (Å²) < 4.78 is 24.5. The number of ether oxygens (including phenoxy) is 1. The maximum absolute atomic E-state index is 13.1. The van der Waals surface area contributed by atoms with Gasteiger partial charge in [0, 0.05) is 5.69 Å². The van der Waals surface area contributed by atoms with Crippen LogP contribution in [0, 0.1) is 5.82 Å². The van der Waals surface area contributed by atoms with E-state index in [1.807, 2.05) is 0 Å². The minimum absolute atomic E-state index is 0.159. The number of hydrogen-bond donors (Lipinski definition) is 1. The molecule has 0 radical (unpaired) electrons. The number of fused-ring (bicyclic) bond motifs is 1. The summed E-state index contributed by atoms with van der Waals surface area (Å²) >= 11 is 3.10. The van der Waals surface area contributed by atoms with Gasteiger partial charge in [-0.1, -0.05) is 0 Å². The summed E-state index contributed by atoms with van der Waals surface area (Å²) in [4.78, 5) is 4.27. The summed E-state index contributed by atoms with van der Waals surface area (Å²) in [6.45, 7) is 0.159. The van der Waals surface area contributed by atoms with E-state index in [1.165, 1.54) is 6.07 Å². The fourth-order valence-corrected chi connectivity index (χ4v) is 2.12. The van der Waals surface area contributed by atoms with Crippen LogP contribution in [0.25, 0.3) is 11.1 Å². The van der Waals surface area contributed by atoms with Crippen molar-refractivity contribution in [2.24, 2.45) is 0 Å². The van der Waals surface area contributed by atoms with E-state index in [0.29, 0.717) is 32.9 Å². The van der Waals surface area contributed by atoms with Crippen LogP contribution in [0.1, 0.15) is 5.89 Å². The molecule has 20 heavy (non-hydrogen) atoms. The monoisotopic (exact) mass is 336 g/mol. The van der Waals surface area contributed by atoms with Gasteiger partial charge in [-0.05, 0) is 52.3 Å². The van der Waals surface area contributed by atoms with Crippen LogP contribution in [0.15, 0.2) is 45.3 Å². The van der Waals surface area contributed by atoms with Crippen LogP contribution >= 0.6 is 15.9 Å². The standard InChI is InChI=1S/C14H10BrFN2O2/c15-10-6-9(2-3-11(10)16)19-7-14-18-12-5-8(17)1-4-13(12)20-14/h1-6H,7,17H2. The Morgan fingerprint density at radius 1 is 1.25 bits per heavy atom. The maximum Gasteiger partial charge on any atom is 0.233 e. The van der Waals surface area contributed by atoms with Crippen LogP contribution in [0.5, 0.6) is 5.75 Å². The number of benzene rings is 2. The van der Waals surface area contributed by atoms with E-state index >= 15 is 0 Å². The minimum Gasteiger partial charge on any atom is -0.484 e. The molecule has 2 N–H and O–H groups in total. The van der Waals surface area contributed by atoms with Gasteiger partial charge in [0.2, 0.25) is 5.89 Å². The highest BCUT2D eigenvalue weighted by atomic mass is 79.9. The number of nitrogens with two attached hydrogens (primary N) is 1. The van der Waals surface area contributed by atoms with Gasteiger partial charge in [0.1, 0.15) is 17.1 Å². The van der Waals surface area contributed by atoms with E-state index < -0.39 is 0 Å². The number of nitrogens with zero attached hydrogens (tertiary/aromatic N) is 1. The third-order valence-electron chi connectivity index (χ3n) is 2.71. The molecular formula is C14H10BrFN2O2. The molecule has 0 aliphatic rings. The first-order valence-electron chi connectivity index (χ1n) is 5.84. The summed E-state index contributed by atoms with van der Waals surface area (Å²) in [5.74, 6) is 0.626. The molecule has 1 aromatic heterocycles. The highest BCUT2D eigenvalue weighted by Crippen LogP contribution is 2.23. The SMILES string of the molecule is Nc1ccc2oc(COc3ccc(F)c(Br)c3)nc2c1. The zero-order valence-electron chi connectivity index (χ0n) is 10.3. The van der Waals surface area contributed by atoms with Gasteiger partial charge in [-0.2, -0.15) is 0 Å². The predicted octanol–water partition coefficient (Wildman–Crippen LogP) is 3.89. The molecule has 0 spiro atoms. The molecule has 0 atom stereocenters. The molecular weight excluding hydrogens is 327 g/mol. The van der Waals surface area contributed by atoms with Gasteiger partial charge in [0.05, 0.1) is 4.47 Å². The van der Waals surface area contributed by atoms with Crippen molar-refractivity contribution < 1.29 is 13.5 Å². The smallest absolute Gasteiger partial charge is 0.233 e. The number of oxazole rings is 1. The van der Waals surface area contributed by atoms with Crippen molar-refractivity contribution in [1.29, 1.82) is 0 Å². The average molecular weight is 337 g/mol. The van der Waals surface area contributed by atoms with Crippen LogP contribution in [0.2, 0.25) is 0 Å². The topological polar surface area (TPSA) is 61.3 Å². The Labute approximate surface area is 122 Å². The molecule has 0 aliphatic heterocycles. The Balaban J connectivity index is 1.77. The van der Waals surface area contributed by atoms with Gasteiger partial charge in [0.15, 0.2) is 12.2 Å². The van der Waals surface area contributed by atoms with Crippen molar-refractivity contribution in [3.63, 3.8) is 0 Å². The second-order valence-corrected chi connectivity index (χ2v) is 5.05. The van der Waals surface area contributed by atoms with Gasteiger partial charge in [-0.25, -0.2) is 9.37 Å². The second kappa shape index (κ2) is 5.13. The van der Waals surface area contributed by atoms with Crippen molar-refractivity contribution in [3.8, 4) is 5.75 Å². The average Bonchev–Trinajstić information content (AvgIpc) is 2.82. The lowest BCUT2D eigenvalue weighted by atomic mass is 10.3. The number of halogens is 2. The van der Waals surface area contributed by atoms with Crippen LogP contribution in [-0.4, -0.2) is 4.98 Å². The molecule has 3 rings (SSSR count). The van der Waals surface area contributed by atoms with Gasteiger partial charge < -0.3 is 14.9 Å². The Bertz CT molecular complexity index is 773. The minimum atomic E-state index is -0.338. The molecule has 0 bridgehead atoms. The molecule has 0 saturated heterocycles. The summed E-state index contributed by atoms with van der Waals surface area (Å²) in [5.41, 5.74) is 7.64. The molecule has 0 amide bonds. The van der Waals surface area contributed by atoms with Gasteiger partial charge in [-0.3, -0.25) is 0 Å². The van der Waals surface area contributed by atoms with Crippen LogP contribution < -0.4 is 10.5 Å². The number of hydrogen-bond acceptors (Lipinski definition) is 4. The summed E-state index contributed by atoms with van der Waals surface area (Å²) in [7, 11) is 0. The molecule has 0 aliphatic carbocycles. The van der Waals surface area contributed by atoms with E-state index in [0.717, 1.165) is 0 Å². The van der Waals surface area contributed by atoms with Crippen molar-refractivity contribution in [3.05, 3.63) is 52.6 Å². The van der Waals surface area contributed by atoms with Crippen molar-refractivity contribution in [2.45, 2.75) is 6.61 Å². The quantitative estimate of drug-likeness (QED) is 0.737. The first kappa shape index (κ1) is 12.9. The maximum atomic E-state index is 13.1. The van der Waals surface area contributed by atoms with E-state index in [-0.39, 0.29) is 12.4 Å². The first-order valence-corrected chi connectivity index (χ1v) is 6.64. The van der Waals surface area contributed by atoms with Crippen LogP contribution in [0.4, 0.5) is 10.1 Å². The molecule has 0 fully saturated rings. The van der Waals surface area contributed by atoms with Crippen molar-refractivity contribution >= 4 is 32.7 Å². The van der Waals surface area contributed by atoms with Gasteiger partial charge in [0.25, 0.3) is 0 Å². The molecule has 1 heterocycles. The van der Waals surface area contributed by atoms with E-state index in [4.69, 9.17) is 14.9 Å². The molecule has 102 valence electrons. The van der Waals surface area contributed by atoms with E-state index in [2.05, 4.69) is 20.9 Å². The Hall–Kier alpha value is -2.08. The zero-order chi connectivity index (χ0) is 14.1. The number of nitrogen functional groups attached to an aromatic ring is 1. The zero-order valence-corrected chi connectivity index (χ0v) is 11.9. The number of rotatable bonds is 3. The van der Waals surface area contributed by atoms with Crippen LogP contribution in [0.3, 0.4) is 0 Å². The lowest BCUT2D eigenvalue weighted by molar-refractivity contribution is 0.266. The normalized spacial score (nSPS) is 10.9. The van der Waals surface area contributed by atoms with E-state index in [1.54, 1.807) is 30.3 Å². The first-order chi connectivity index (χ1) is 9.61. The highest BCUT2D eigenvalue weighted by Gasteiger charge is 2.07. The fraction of sp³-hybridized carbons (Fsp3) is 0.0714. The fourth-order valence-electron chi connectivity index (χ4n) is 1.77. The predicted molar refractivity (Wildman–Crippen MR) is 76.9 cm³/mol. The largest absolute Gasteiger partial charge is 0.484 e. The molecule has 3 aromatic rings. The van der Waals surface area contributed by atoms with Crippen molar-refractivity contribution in [1.82, 2.24) is 4.98 Å².